The fraction of sp³-hybridized carbons (Fsp3) is 0.0714. The van der Waals surface area contributed by atoms with Gasteiger partial charge in [-0.1, -0.05) is 24.3 Å². The highest BCUT2D eigenvalue weighted by molar-refractivity contribution is 5.98. The van der Waals surface area contributed by atoms with Gasteiger partial charge in [0.2, 0.25) is 0 Å². The Bertz CT molecular complexity index is 757. The minimum Gasteiger partial charge on any atom is -0.397 e. The molecule has 3 aromatic rings. The maximum absolute atomic E-state index is 12.5. The van der Waals surface area contributed by atoms with Crippen molar-refractivity contribution in [3.05, 3.63) is 48.0 Å². The van der Waals surface area contributed by atoms with E-state index in [-0.39, 0.29) is 0 Å². The number of nitrogens with two attached hydrogens (primary N) is 1. The maximum Gasteiger partial charge on any atom is 0.416 e. The van der Waals surface area contributed by atoms with Crippen LogP contribution in [-0.2, 0) is 6.18 Å². The van der Waals surface area contributed by atoms with Crippen molar-refractivity contribution in [2.75, 3.05) is 5.73 Å². The monoisotopic (exact) mass is 277 g/mol. The van der Waals surface area contributed by atoms with Crippen molar-refractivity contribution in [2.45, 2.75) is 6.18 Å². The molecule has 102 valence electrons. The van der Waals surface area contributed by atoms with E-state index in [0.717, 1.165) is 17.5 Å². The Morgan fingerprint density at radius 2 is 1.70 bits per heavy atom. The van der Waals surface area contributed by atoms with E-state index in [1.807, 2.05) is 6.07 Å². The lowest BCUT2D eigenvalue weighted by Gasteiger charge is -2.06. The van der Waals surface area contributed by atoms with Crippen LogP contribution in [0.5, 0.6) is 0 Å². The minimum absolute atomic E-state index is 0.549. The molecule has 0 spiro atoms. The van der Waals surface area contributed by atoms with Gasteiger partial charge in [-0.15, -0.1) is 0 Å². The average Bonchev–Trinajstić information content (AvgIpc) is 2.83. The molecule has 0 aliphatic carbocycles. The van der Waals surface area contributed by atoms with E-state index in [0.29, 0.717) is 22.5 Å². The third-order valence-electron chi connectivity index (χ3n) is 3.12. The van der Waals surface area contributed by atoms with Gasteiger partial charge in [0.15, 0.2) is 0 Å². The van der Waals surface area contributed by atoms with Gasteiger partial charge in [0.05, 0.1) is 22.5 Å². The molecule has 3 nitrogen and oxygen atoms in total. The first-order valence-corrected chi connectivity index (χ1v) is 5.87. The van der Waals surface area contributed by atoms with E-state index in [4.69, 9.17) is 5.73 Å². The van der Waals surface area contributed by atoms with Crippen LogP contribution in [0.3, 0.4) is 0 Å². The molecular weight excluding hydrogens is 267 g/mol. The predicted molar refractivity (Wildman–Crippen MR) is 70.9 cm³/mol. The summed E-state index contributed by atoms with van der Waals surface area (Å²) in [4.78, 5) is 0. The third-order valence-corrected chi connectivity index (χ3v) is 3.12. The van der Waals surface area contributed by atoms with E-state index in [1.54, 1.807) is 12.1 Å². The Morgan fingerprint density at radius 1 is 1.00 bits per heavy atom. The standard InChI is InChI=1S/C14H10F3N3/c15-14(16,17)9-6-4-8(5-7-9)12-10-2-1-3-11(18)13(10)20-19-12/h1-7H,18H2,(H,19,20). The summed E-state index contributed by atoms with van der Waals surface area (Å²) < 4.78 is 37.6. The average molecular weight is 277 g/mol. The maximum atomic E-state index is 12.5. The van der Waals surface area contributed by atoms with Crippen LogP contribution in [0.25, 0.3) is 22.2 Å². The number of hydrogen-bond acceptors (Lipinski definition) is 2. The zero-order valence-electron chi connectivity index (χ0n) is 10.2. The molecule has 0 bridgehead atoms. The van der Waals surface area contributed by atoms with Crippen molar-refractivity contribution < 1.29 is 13.2 Å². The first-order chi connectivity index (χ1) is 9.47. The lowest BCUT2D eigenvalue weighted by atomic mass is 10.1. The number of nitrogen functional groups attached to an aromatic ring is 1. The Kier molecular flexibility index (Phi) is 2.67. The van der Waals surface area contributed by atoms with E-state index in [1.165, 1.54) is 12.1 Å². The first-order valence-electron chi connectivity index (χ1n) is 5.87. The molecule has 0 aliphatic heterocycles. The second-order valence-electron chi connectivity index (χ2n) is 4.42. The molecule has 0 fully saturated rings. The molecule has 3 N–H and O–H groups in total. The molecule has 0 unspecified atom stereocenters. The van der Waals surface area contributed by atoms with E-state index in [9.17, 15) is 13.2 Å². The Labute approximate surface area is 112 Å². The number of alkyl halides is 3. The fourth-order valence-electron chi connectivity index (χ4n) is 2.10. The topological polar surface area (TPSA) is 54.7 Å². The highest BCUT2D eigenvalue weighted by atomic mass is 19.4. The lowest BCUT2D eigenvalue weighted by Crippen LogP contribution is -2.04. The minimum atomic E-state index is -4.34. The van der Waals surface area contributed by atoms with Gasteiger partial charge in [0.1, 0.15) is 0 Å². The van der Waals surface area contributed by atoms with Crippen molar-refractivity contribution in [3.63, 3.8) is 0 Å². The van der Waals surface area contributed by atoms with Crippen LogP contribution in [-0.4, -0.2) is 10.2 Å². The van der Waals surface area contributed by atoms with Gasteiger partial charge in [0.25, 0.3) is 0 Å². The first kappa shape index (κ1) is 12.5. The number of para-hydroxylation sites is 1. The highest BCUT2D eigenvalue weighted by Crippen LogP contribution is 2.33. The van der Waals surface area contributed by atoms with Crippen LogP contribution in [0, 0.1) is 0 Å². The zero-order valence-corrected chi connectivity index (χ0v) is 10.2. The van der Waals surface area contributed by atoms with Crippen LogP contribution < -0.4 is 5.73 Å². The summed E-state index contributed by atoms with van der Waals surface area (Å²) in [7, 11) is 0. The molecule has 0 radical (unpaired) electrons. The van der Waals surface area contributed by atoms with E-state index < -0.39 is 11.7 Å². The summed E-state index contributed by atoms with van der Waals surface area (Å²) in [5.41, 5.74) is 7.55. The van der Waals surface area contributed by atoms with Gasteiger partial charge in [-0.2, -0.15) is 18.3 Å². The number of H-pyrrole nitrogens is 1. The summed E-state index contributed by atoms with van der Waals surface area (Å²) in [6.45, 7) is 0. The van der Waals surface area contributed by atoms with Crippen molar-refractivity contribution in [1.29, 1.82) is 0 Å². The second-order valence-corrected chi connectivity index (χ2v) is 4.42. The van der Waals surface area contributed by atoms with Gasteiger partial charge in [-0.25, -0.2) is 0 Å². The van der Waals surface area contributed by atoms with E-state index in [2.05, 4.69) is 10.2 Å². The van der Waals surface area contributed by atoms with Crippen LogP contribution in [0.15, 0.2) is 42.5 Å². The molecule has 6 heteroatoms. The van der Waals surface area contributed by atoms with Gasteiger partial charge in [-0.05, 0) is 18.2 Å². The number of anilines is 1. The number of benzene rings is 2. The Balaban J connectivity index is 2.10. The number of rotatable bonds is 1. The molecule has 2 aromatic carbocycles. The number of aromatic amines is 1. The highest BCUT2D eigenvalue weighted by Gasteiger charge is 2.30. The molecule has 1 heterocycles. The van der Waals surface area contributed by atoms with Crippen LogP contribution in [0.2, 0.25) is 0 Å². The third kappa shape index (κ3) is 1.99. The van der Waals surface area contributed by atoms with Crippen molar-refractivity contribution >= 4 is 16.6 Å². The number of hydrogen-bond donors (Lipinski definition) is 2. The number of nitrogens with zero attached hydrogens (tertiary/aromatic N) is 1. The normalized spacial score (nSPS) is 11.9. The second kappa shape index (κ2) is 4.26. The number of aromatic nitrogens is 2. The summed E-state index contributed by atoms with van der Waals surface area (Å²) in [6, 6.07) is 10.2. The molecule has 20 heavy (non-hydrogen) atoms. The molecule has 0 saturated carbocycles. The van der Waals surface area contributed by atoms with Crippen molar-refractivity contribution in [3.8, 4) is 11.3 Å². The zero-order chi connectivity index (χ0) is 14.3. The van der Waals surface area contributed by atoms with Crippen LogP contribution in [0.1, 0.15) is 5.56 Å². The molecule has 1 aromatic heterocycles. The fourth-order valence-corrected chi connectivity index (χ4v) is 2.10. The quantitative estimate of drug-likeness (QED) is 0.664. The number of fused-ring (bicyclic) bond motifs is 1. The van der Waals surface area contributed by atoms with Gasteiger partial charge < -0.3 is 5.73 Å². The van der Waals surface area contributed by atoms with Gasteiger partial charge in [0, 0.05) is 10.9 Å². The Morgan fingerprint density at radius 3 is 2.35 bits per heavy atom. The van der Waals surface area contributed by atoms with E-state index >= 15 is 0 Å². The molecule has 3 rings (SSSR count). The molecule has 0 saturated heterocycles. The smallest absolute Gasteiger partial charge is 0.397 e. The van der Waals surface area contributed by atoms with Gasteiger partial charge >= 0.3 is 6.18 Å². The van der Waals surface area contributed by atoms with Crippen molar-refractivity contribution in [1.82, 2.24) is 10.2 Å². The summed E-state index contributed by atoms with van der Waals surface area (Å²) in [6.07, 6.45) is -4.34. The number of halogens is 3. The Hall–Kier alpha value is -2.50. The van der Waals surface area contributed by atoms with Crippen LogP contribution >= 0.6 is 0 Å². The SMILES string of the molecule is Nc1cccc2c(-c3ccc(C(F)(F)F)cc3)n[nH]c12. The molecule has 0 aliphatic rings. The summed E-state index contributed by atoms with van der Waals surface area (Å²) in [5.74, 6) is 0. The lowest BCUT2D eigenvalue weighted by molar-refractivity contribution is -0.137. The summed E-state index contributed by atoms with van der Waals surface area (Å²) in [5, 5.41) is 7.72. The van der Waals surface area contributed by atoms with Crippen molar-refractivity contribution in [2.24, 2.45) is 0 Å². The predicted octanol–water partition coefficient (Wildman–Crippen LogP) is 3.83. The largest absolute Gasteiger partial charge is 0.416 e. The molecule has 0 amide bonds. The summed E-state index contributed by atoms with van der Waals surface area (Å²) >= 11 is 0. The molecule has 0 atom stereocenters. The van der Waals surface area contributed by atoms with Gasteiger partial charge in [-0.3, -0.25) is 5.10 Å². The van der Waals surface area contributed by atoms with Crippen LogP contribution in [0.4, 0.5) is 18.9 Å². The number of nitrogens with one attached hydrogen (secondary N) is 1. The molecular formula is C14H10F3N3.